The average molecular weight is 256 g/mol. The second-order valence-electron chi connectivity index (χ2n) is 2.99. The summed E-state index contributed by atoms with van der Waals surface area (Å²) in [6, 6.07) is 10.7. The highest BCUT2D eigenvalue weighted by molar-refractivity contribution is 6.29. The molecule has 0 aromatic carbocycles. The van der Waals surface area contributed by atoms with E-state index in [1.807, 2.05) is 19.1 Å². The minimum Gasteiger partial charge on any atom is -0.384 e. The van der Waals surface area contributed by atoms with Gasteiger partial charge < -0.3 is 5.73 Å². The molecule has 0 aliphatic rings. The molecule has 0 spiro atoms. The summed E-state index contributed by atoms with van der Waals surface area (Å²) in [5.41, 5.74) is 6.22. The van der Waals surface area contributed by atoms with Gasteiger partial charge in [0, 0.05) is 5.69 Å². The number of nitrogen functional groups attached to an aromatic ring is 1. The third-order valence-corrected chi connectivity index (χ3v) is 2.01. The molecule has 0 aliphatic heterocycles. The molecule has 2 aromatic heterocycles. The number of hydrogen-bond donors (Lipinski definition) is 1. The van der Waals surface area contributed by atoms with Gasteiger partial charge in [-0.25, -0.2) is 9.97 Å². The van der Waals surface area contributed by atoms with Crippen molar-refractivity contribution < 1.29 is 0 Å². The van der Waals surface area contributed by atoms with E-state index in [1.54, 1.807) is 24.3 Å². The van der Waals surface area contributed by atoms with Crippen LogP contribution in [0, 0.1) is 6.92 Å². The first-order valence-electron chi connectivity index (χ1n) is 4.55. The Hall–Kier alpha value is -1.32. The fourth-order valence-electron chi connectivity index (χ4n) is 0.934. The van der Waals surface area contributed by atoms with Gasteiger partial charge in [0.05, 0.1) is 0 Å². The highest BCUT2D eigenvalue weighted by atomic mass is 35.5. The van der Waals surface area contributed by atoms with E-state index in [0.29, 0.717) is 16.1 Å². The summed E-state index contributed by atoms with van der Waals surface area (Å²) in [4.78, 5) is 7.66. The van der Waals surface area contributed by atoms with Crippen LogP contribution in [-0.4, -0.2) is 9.97 Å². The van der Waals surface area contributed by atoms with Gasteiger partial charge in [-0.2, -0.15) is 0 Å². The third kappa shape index (κ3) is 4.96. The predicted octanol–water partition coefficient (Wildman–Crippen LogP) is 3.36. The van der Waals surface area contributed by atoms with Gasteiger partial charge >= 0.3 is 0 Å². The van der Waals surface area contributed by atoms with Crippen LogP contribution in [-0.2, 0) is 0 Å². The zero-order chi connectivity index (χ0) is 12.0. The Kier molecular flexibility index (Phi) is 5.02. The number of aryl methyl sites for hydroxylation is 1. The number of nitrogens with zero attached hydrogens (tertiary/aromatic N) is 2. The molecule has 2 rings (SSSR count). The minimum absolute atomic E-state index is 0.435. The van der Waals surface area contributed by atoms with Crippen molar-refractivity contribution in [3.63, 3.8) is 0 Å². The summed E-state index contributed by atoms with van der Waals surface area (Å²) in [5.74, 6) is 0.456. The molecule has 2 N–H and O–H groups in total. The summed E-state index contributed by atoms with van der Waals surface area (Å²) in [6.07, 6.45) is 0. The highest BCUT2D eigenvalue weighted by Gasteiger charge is 1.85. The monoisotopic (exact) mass is 255 g/mol. The number of halogens is 2. The topological polar surface area (TPSA) is 51.8 Å². The maximum atomic E-state index is 5.53. The van der Waals surface area contributed by atoms with Gasteiger partial charge in [0.1, 0.15) is 16.1 Å². The molecule has 0 saturated carbocycles. The zero-order valence-corrected chi connectivity index (χ0v) is 10.2. The van der Waals surface area contributed by atoms with E-state index in [-0.39, 0.29) is 0 Å². The van der Waals surface area contributed by atoms with Gasteiger partial charge in [0.15, 0.2) is 0 Å². The van der Waals surface area contributed by atoms with E-state index in [0.717, 1.165) is 5.69 Å². The largest absolute Gasteiger partial charge is 0.384 e. The maximum Gasteiger partial charge on any atom is 0.131 e. The van der Waals surface area contributed by atoms with Crippen LogP contribution in [0.3, 0.4) is 0 Å². The minimum atomic E-state index is 0.435. The Morgan fingerprint density at radius 1 is 0.938 bits per heavy atom. The number of pyridine rings is 2. The van der Waals surface area contributed by atoms with Crippen LogP contribution in [0.1, 0.15) is 5.69 Å². The summed E-state index contributed by atoms with van der Waals surface area (Å²) >= 11 is 11.0. The number of hydrogen-bond acceptors (Lipinski definition) is 3. The molecule has 16 heavy (non-hydrogen) atoms. The molecular weight excluding hydrogens is 245 g/mol. The summed E-state index contributed by atoms with van der Waals surface area (Å²) in [5, 5.41) is 0.995. The van der Waals surface area contributed by atoms with Crippen LogP contribution in [0.4, 0.5) is 5.82 Å². The molecule has 0 unspecified atom stereocenters. The highest BCUT2D eigenvalue weighted by Crippen LogP contribution is 2.04. The van der Waals surface area contributed by atoms with Crippen LogP contribution in [0.15, 0.2) is 36.4 Å². The molecule has 0 bridgehead atoms. The SMILES string of the molecule is Cc1cccc(Cl)n1.Nc1cccc(Cl)n1. The fourth-order valence-corrected chi connectivity index (χ4v) is 1.31. The number of nitrogens with two attached hydrogens (primary N) is 1. The van der Waals surface area contributed by atoms with E-state index in [2.05, 4.69) is 9.97 Å². The quantitative estimate of drug-likeness (QED) is 0.735. The molecule has 0 radical (unpaired) electrons. The van der Waals surface area contributed by atoms with E-state index < -0.39 is 0 Å². The van der Waals surface area contributed by atoms with E-state index >= 15 is 0 Å². The maximum absolute atomic E-state index is 5.53. The standard InChI is InChI=1S/C6H6ClN.C5H5ClN2/c1-5-3-2-4-6(7)8-5;6-4-2-1-3-5(7)8-4/h2-4H,1H3;1-3H,(H2,7,8). The molecule has 0 fully saturated rings. The summed E-state index contributed by atoms with van der Waals surface area (Å²) in [6.45, 7) is 1.91. The average Bonchev–Trinajstić information content (AvgIpc) is 2.17. The van der Waals surface area contributed by atoms with Gasteiger partial charge in [-0.3, -0.25) is 0 Å². The lowest BCUT2D eigenvalue weighted by atomic mass is 10.4. The van der Waals surface area contributed by atoms with Gasteiger partial charge in [-0.15, -0.1) is 0 Å². The van der Waals surface area contributed by atoms with Crippen LogP contribution < -0.4 is 5.73 Å². The fraction of sp³-hybridized carbons (Fsp3) is 0.0909. The summed E-state index contributed by atoms with van der Waals surface area (Å²) < 4.78 is 0. The Balaban J connectivity index is 0.000000160. The van der Waals surface area contributed by atoms with Crippen LogP contribution >= 0.6 is 23.2 Å². The molecule has 0 atom stereocenters. The molecular formula is C11H11Cl2N3. The second-order valence-corrected chi connectivity index (χ2v) is 3.76. The van der Waals surface area contributed by atoms with Gasteiger partial charge in [-0.05, 0) is 31.2 Å². The van der Waals surface area contributed by atoms with Crippen molar-refractivity contribution in [2.45, 2.75) is 6.92 Å². The third-order valence-electron chi connectivity index (χ3n) is 1.59. The number of anilines is 1. The van der Waals surface area contributed by atoms with Gasteiger partial charge in [0.25, 0.3) is 0 Å². The number of rotatable bonds is 0. The molecule has 0 aliphatic carbocycles. The smallest absolute Gasteiger partial charge is 0.131 e. The molecule has 2 heterocycles. The summed E-state index contributed by atoms with van der Waals surface area (Å²) in [7, 11) is 0. The van der Waals surface area contributed by atoms with Crippen LogP contribution in [0.25, 0.3) is 0 Å². The molecule has 84 valence electrons. The second kappa shape index (κ2) is 6.30. The molecule has 3 nitrogen and oxygen atoms in total. The van der Waals surface area contributed by atoms with Gasteiger partial charge in [0.2, 0.25) is 0 Å². The first kappa shape index (κ1) is 12.7. The Labute approximate surface area is 104 Å². The van der Waals surface area contributed by atoms with Crippen LogP contribution in [0.5, 0.6) is 0 Å². The lowest BCUT2D eigenvalue weighted by Crippen LogP contribution is -1.87. The van der Waals surface area contributed by atoms with E-state index in [4.69, 9.17) is 28.9 Å². The van der Waals surface area contributed by atoms with Crippen molar-refractivity contribution in [1.82, 2.24) is 9.97 Å². The first-order valence-corrected chi connectivity index (χ1v) is 5.31. The molecule has 0 amide bonds. The Bertz CT molecular complexity index is 382. The zero-order valence-electron chi connectivity index (χ0n) is 8.69. The van der Waals surface area contributed by atoms with E-state index in [1.165, 1.54) is 0 Å². The van der Waals surface area contributed by atoms with Crippen molar-refractivity contribution >= 4 is 29.0 Å². The van der Waals surface area contributed by atoms with Gasteiger partial charge in [-0.1, -0.05) is 35.3 Å². The van der Waals surface area contributed by atoms with Crippen molar-refractivity contribution in [1.29, 1.82) is 0 Å². The van der Waals surface area contributed by atoms with Crippen molar-refractivity contribution in [3.05, 3.63) is 52.4 Å². The predicted molar refractivity (Wildman–Crippen MR) is 67.6 cm³/mol. The van der Waals surface area contributed by atoms with Crippen molar-refractivity contribution in [2.24, 2.45) is 0 Å². The van der Waals surface area contributed by atoms with Crippen molar-refractivity contribution in [2.75, 3.05) is 5.73 Å². The Morgan fingerprint density at radius 3 is 1.81 bits per heavy atom. The molecule has 5 heteroatoms. The van der Waals surface area contributed by atoms with Crippen molar-refractivity contribution in [3.8, 4) is 0 Å². The van der Waals surface area contributed by atoms with E-state index in [9.17, 15) is 0 Å². The Morgan fingerprint density at radius 2 is 1.50 bits per heavy atom. The lowest BCUT2D eigenvalue weighted by molar-refractivity contribution is 1.20. The molecule has 0 saturated heterocycles. The molecule has 2 aromatic rings. The normalized spacial score (nSPS) is 9.19. The number of aromatic nitrogens is 2. The lowest BCUT2D eigenvalue weighted by Gasteiger charge is -1.88. The first-order chi connectivity index (χ1) is 7.58. The van der Waals surface area contributed by atoms with Crippen LogP contribution in [0.2, 0.25) is 10.3 Å².